The van der Waals surface area contributed by atoms with E-state index in [-0.39, 0.29) is 15.6 Å². The summed E-state index contributed by atoms with van der Waals surface area (Å²) in [6.45, 7) is 16.5. The average molecular weight is 301 g/mol. The summed E-state index contributed by atoms with van der Waals surface area (Å²) in [5, 5.41) is 0. The predicted molar refractivity (Wildman–Crippen MR) is 94.7 cm³/mol. The van der Waals surface area contributed by atoms with Crippen LogP contribution in [0.1, 0.15) is 60.5 Å². The average Bonchev–Trinajstić information content (AvgIpc) is 2.36. The van der Waals surface area contributed by atoms with Crippen molar-refractivity contribution in [3.8, 4) is 0 Å². The molecule has 0 amide bonds. The minimum absolute atomic E-state index is 0.136. The summed E-state index contributed by atoms with van der Waals surface area (Å²) in [5.74, 6) is 0. The van der Waals surface area contributed by atoms with E-state index in [1.165, 1.54) is 17.0 Å². The largest absolute Gasteiger partial charge is 0.257 e. The monoisotopic (exact) mass is 301 g/mol. The molecule has 1 nitrogen and oxygen atoms in total. The van der Waals surface area contributed by atoms with Crippen LogP contribution in [0, 0.1) is 10.8 Å². The second-order valence-electron chi connectivity index (χ2n) is 8.57. The zero-order valence-electron chi connectivity index (χ0n) is 14.4. The molecule has 114 valence electrons. The number of fused-ring (bicyclic) bond motifs is 2. The number of nitrogens with zero attached hydrogens (tertiary/aromatic N) is 1. The molecule has 1 atom stereocenters. The number of para-hydroxylation sites is 1. The van der Waals surface area contributed by atoms with Crippen LogP contribution in [0.5, 0.6) is 0 Å². The van der Waals surface area contributed by atoms with Gasteiger partial charge in [-0.25, -0.2) is 0 Å². The van der Waals surface area contributed by atoms with E-state index in [2.05, 4.69) is 84.5 Å². The highest BCUT2D eigenvalue weighted by molar-refractivity contribution is 8.03. The highest BCUT2D eigenvalue weighted by Gasteiger charge is 2.67. The van der Waals surface area contributed by atoms with Crippen LogP contribution in [0.3, 0.4) is 0 Å². The van der Waals surface area contributed by atoms with E-state index in [9.17, 15) is 0 Å². The fourth-order valence-electron chi connectivity index (χ4n) is 3.64. The quantitative estimate of drug-likeness (QED) is 0.576. The Morgan fingerprint density at radius 3 is 2.19 bits per heavy atom. The first-order valence-electron chi connectivity index (χ1n) is 7.89. The topological polar surface area (TPSA) is 12.4 Å². The van der Waals surface area contributed by atoms with Gasteiger partial charge in [0.15, 0.2) is 0 Å². The lowest BCUT2D eigenvalue weighted by atomic mass is 9.61. The normalized spacial score (nSPS) is 29.6. The number of benzene rings is 1. The Balaban J connectivity index is 2.19. The van der Waals surface area contributed by atoms with Crippen molar-refractivity contribution in [2.75, 3.05) is 0 Å². The maximum Gasteiger partial charge on any atom is 0.0675 e. The van der Waals surface area contributed by atoms with Gasteiger partial charge in [-0.15, -0.1) is 11.8 Å². The van der Waals surface area contributed by atoms with Gasteiger partial charge in [0.1, 0.15) is 0 Å². The Labute approximate surface area is 133 Å². The van der Waals surface area contributed by atoms with Gasteiger partial charge in [0.05, 0.1) is 10.4 Å². The predicted octanol–water partition coefficient (Wildman–Crippen LogP) is 5.96. The third-order valence-electron chi connectivity index (χ3n) is 5.82. The van der Waals surface area contributed by atoms with Crippen LogP contribution < -0.4 is 0 Å². The molecular weight excluding hydrogens is 274 g/mol. The van der Waals surface area contributed by atoms with E-state index in [4.69, 9.17) is 4.99 Å². The van der Waals surface area contributed by atoms with E-state index in [0.29, 0.717) is 4.75 Å². The molecule has 0 N–H and O–H groups in total. The van der Waals surface area contributed by atoms with Gasteiger partial charge in [-0.05, 0) is 17.0 Å². The van der Waals surface area contributed by atoms with Crippen LogP contribution in [-0.4, -0.2) is 10.5 Å². The SMILES string of the molecule is CC(C)(C)C1=Nc2ccccc2[C@]2(C1)SC(C)(C)C2(C)C. The molecule has 21 heavy (non-hydrogen) atoms. The molecule has 2 heterocycles. The molecule has 1 saturated heterocycles. The molecule has 2 heteroatoms. The van der Waals surface area contributed by atoms with Gasteiger partial charge in [-0.2, -0.15) is 0 Å². The number of rotatable bonds is 0. The Hall–Kier alpha value is -0.760. The van der Waals surface area contributed by atoms with E-state index in [1.807, 2.05) is 0 Å². The summed E-state index contributed by atoms with van der Waals surface area (Å²) in [5.41, 5.74) is 4.36. The molecule has 0 bridgehead atoms. The van der Waals surface area contributed by atoms with Gasteiger partial charge in [-0.3, -0.25) is 4.99 Å². The smallest absolute Gasteiger partial charge is 0.0675 e. The van der Waals surface area contributed by atoms with Crippen LogP contribution in [0.2, 0.25) is 0 Å². The van der Waals surface area contributed by atoms with Crippen molar-refractivity contribution in [3.63, 3.8) is 0 Å². The van der Waals surface area contributed by atoms with Crippen LogP contribution >= 0.6 is 11.8 Å². The second-order valence-corrected chi connectivity index (χ2v) is 10.5. The number of thioether (sulfide) groups is 1. The molecule has 0 aromatic heterocycles. The van der Waals surface area contributed by atoms with Crippen LogP contribution in [0.4, 0.5) is 5.69 Å². The van der Waals surface area contributed by atoms with Crippen LogP contribution in [0.25, 0.3) is 0 Å². The molecular formula is C19H27NS. The lowest BCUT2D eigenvalue weighted by Gasteiger charge is -2.68. The minimum atomic E-state index is 0.136. The van der Waals surface area contributed by atoms with Gasteiger partial charge in [0, 0.05) is 22.3 Å². The van der Waals surface area contributed by atoms with Crippen molar-refractivity contribution in [2.24, 2.45) is 15.8 Å². The van der Waals surface area contributed by atoms with Crippen molar-refractivity contribution in [2.45, 2.75) is 64.4 Å². The van der Waals surface area contributed by atoms with Crippen molar-refractivity contribution >= 4 is 23.2 Å². The highest BCUT2D eigenvalue weighted by Crippen LogP contribution is 2.75. The van der Waals surface area contributed by atoms with Gasteiger partial charge >= 0.3 is 0 Å². The zero-order valence-corrected chi connectivity index (χ0v) is 15.2. The summed E-state index contributed by atoms with van der Waals surface area (Å²) < 4.78 is 0.484. The van der Waals surface area contributed by atoms with Gasteiger partial charge in [-0.1, -0.05) is 66.7 Å². The van der Waals surface area contributed by atoms with Crippen molar-refractivity contribution in [1.29, 1.82) is 0 Å². The van der Waals surface area contributed by atoms with Gasteiger partial charge < -0.3 is 0 Å². The molecule has 1 spiro atoms. The Morgan fingerprint density at radius 1 is 1.05 bits per heavy atom. The van der Waals surface area contributed by atoms with Crippen LogP contribution in [0.15, 0.2) is 29.3 Å². The summed E-state index contributed by atoms with van der Waals surface area (Å²) in [6.07, 6.45) is 1.08. The summed E-state index contributed by atoms with van der Waals surface area (Å²) in [6, 6.07) is 8.76. The fraction of sp³-hybridized carbons (Fsp3) is 0.632. The third-order valence-corrected chi connectivity index (χ3v) is 8.06. The minimum Gasteiger partial charge on any atom is -0.257 e. The molecule has 0 radical (unpaired) electrons. The summed E-state index contributed by atoms with van der Waals surface area (Å²) in [7, 11) is 0. The number of hydrogen-bond donors (Lipinski definition) is 0. The fourth-order valence-corrected chi connectivity index (χ4v) is 5.79. The van der Waals surface area contributed by atoms with E-state index in [1.54, 1.807) is 0 Å². The Morgan fingerprint density at radius 2 is 1.67 bits per heavy atom. The first-order chi connectivity index (χ1) is 9.51. The van der Waals surface area contributed by atoms with Gasteiger partial charge in [0.2, 0.25) is 0 Å². The molecule has 3 rings (SSSR count). The molecule has 1 fully saturated rings. The van der Waals surface area contributed by atoms with Crippen molar-refractivity contribution < 1.29 is 0 Å². The standard InChI is InChI=1S/C19H27NS/c1-16(2,3)15-12-19(17(4,5)18(6,7)21-19)13-10-8-9-11-14(13)20-15/h8-11H,12H2,1-7H3/t19-/m0/s1. The molecule has 0 saturated carbocycles. The van der Waals surface area contributed by atoms with E-state index >= 15 is 0 Å². The third kappa shape index (κ3) is 1.87. The maximum absolute atomic E-state index is 5.01. The zero-order chi connectivity index (χ0) is 15.7. The van der Waals surface area contributed by atoms with E-state index < -0.39 is 0 Å². The van der Waals surface area contributed by atoms with Crippen molar-refractivity contribution in [1.82, 2.24) is 0 Å². The lowest BCUT2D eigenvalue weighted by molar-refractivity contribution is 0.150. The molecule has 0 aliphatic carbocycles. The Bertz CT molecular complexity index is 619. The molecule has 1 aromatic rings. The molecule has 2 aliphatic rings. The second kappa shape index (κ2) is 4.16. The molecule has 2 aliphatic heterocycles. The lowest BCUT2D eigenvalue weighted by Crippen LogP contribution is -2.63. The van der Waals surface area contributed by atoms with Crippen LogP contribution in [-0.2, 0) is 4.75 Å². The number of hydrogen-bond acceptors (Lipinski definition) is 2. The number of aliphatic imine (C=N–C) groups is 1. The van der Waals surface area contributed by atoms with Gasteiger partial charge in [0.25, 0.3) is 0 Å². The first kappa shape index (κ1) is 15.1. The molecule has 1 aromatic carbocycles. The van der Waals surface area contributed by atoms with E-state index in [0.717, 1.165) is 6.42 Å². The molecule has 0 unspecified atom stereocenters. The highest BCUT2D eigenvalue weighted by atomic mass is 32.2. The Kier molecular flexibility index (Phi) is 3.00. The van der Waals surface area contributed by atoms with Crippen molar-refractivity contribution in [3.05, 3.63) is 29.8 Å². The summed E-state index contributed by atoms with van der Waals surface area (Å²) in [4.78, 5) is 5.01. The summed E-state index contributed by atoms with van der Waals surface area (Å²) >= 11 is 2.14. The maximum atomic E-state index is 5.01. The first-order valence-corrected chi connectivity index (χ1v) is 8.71.